The molecule has 1 N–H and O–H groups in total. The van der Waals surface area contributed by atoms with Crippen LogP contribution in [0.2, 0.25) is 0 Å². The Morgan fingerprint density at radius 2 is 1.82 bits per heavy atom. The van der Waals surface area contributed by atoms with Crippen LogP contribution in [0.3, 0.4) is 0 Å². The molecule has 0 unspecified atom stereocenters. The van der Waals surface area contributed by atoms with E-state index in [1.54, 1.807) is 0 Å². The number of anilines is 2. The molecule has 5 rings (SSSR count). The van der Waals surface area contributed by atoms with Crippen molar-refractivity contribution in [3.63, 3.8) is 0 Å². The zero-order chi connectivity index (χ0) is 23.5. The smallest absolute Gasteiger partial charge is 0.254 e. The molecule has 0 bridgehead atoms. The molecule has 0 saturated heterocycles. The average molecular weight is 461 g/mol. The van der Waals surface area contributed by atoms with E-state index < -0.39 is 0 Å². The molecule has 0 radical (unpaired) electrons. The van der Waals surface area contributed by atoms with E-state index in [-0.39, 0.29) is 29.6 Å². The van der Waals surface area contributed by atoms with Gasteiger partial charge in [0.25, 0.3) is 5.95 Å². The van der Waals surface area contributed by atoms with Gasteiger partial charge >= 0.3 is 0 Å². The van der Waals surface area contributed by atoms with Crippen molar-refractivity contribution in [2.45, 2.75) is 56.9 Å². The van der Waals surface area contributed by atoms with Crippen molar-refractivity contribution < 1.29 is 9.32 Å². The number of benzene rings is 1. The van der Waals surface area contributed by atoms with Gasteiger partial charge in [0.05, 0.1) is 0 Å². The van der Waals surface area contributed by atoms with Gasteiger partial charge in [0.2, 0.25) is 29.4 Å². The number of carbonyl (C=O) groups is 1. The molecule has 34 heavy (non-hydrogen) atoms. The Balaban J connectivity index is 1.27. The number of amides is 1. The zero-order valence-electron chi connectivity index (χ0n) is 19.2. The number of carbonyl (C=O) groups excluding carboxylic acids is 1. The fourth-order valence-corrected chi connectivity index (χ4v) is 4.29. The third kappa shape index (κ3) is 5.11. The molecule has 2 aliphatic carbocycles. The summed E-state index contributed by atoms with van der Waals surface area (Å²) in [5, 5.41) is 7.31. The minimum absolute atomic E-state index is 0.156. The molecule has 176 valence electrons. The maximum Gasteiger partial charge on any atom is 0.254 e. The summed E-state index contributed by atoms with van der Waals surface area (Å²) >= 11 is 0. The first kappa shape index (κ1) is 22.1. The van der Waals surface area contributed by atoms with Gasteiger partial charge in [0.1, 0.15) is 0 Å². The lowest BCUT2D eigenvalue weighted by Crippen LogP contribution is -2.37. The molecule has 0 atom stereocenters. The number of hydrogen-bond donors (Lipinski definition) is 1. The summed E-state index contributed by atoms with van der Waals surface area (Å²) in [5.41, 5.74) is 0.921. The van der Waals surface area contributed by atoms with E-state index in [4.69, 9.17) is 4.52 Å². The van der Waals surface area contributed by atoms with Crippen molar-refractivity contribution in [1.29, 1.82) is 0 Å². The minimum atomic E-state index is 0.156. The number of nitrogens with one attached hydrogen (secondary N) is 1. The Hall–Kier alpha value is -3.69. The Labute approximate surface area is 197 Å². The minimum Gasteiger partial charge on any atom is -0.353 e. The summed E-state index contributed by atoms with van der Waals surface area (Å²) in [6.45, 7) is 3.55. The van der Waals surface area contributed by atoms with Gasteiger partial charge in [0, 0.05) is 31.1 Å². The Kier molecular flexibility index (Phi) is 6.29. The second kappa shape index (κ2) is 9.66. The summed E-state index contributed by atoms with van der Waals surface area (Å²) in [7, 11) is 1.87. The van der Waals surface area contributed by atoms with E-state index in [0.717, 1.165) is 31.4 Å². The van der Waals surface area contributed by atoms with Crippen molar-refractivity contribution in [2.24, 2.45) is 10.9 Å². The normalized spacial score (nSPS) is 20.0. The molecule has 1 amide bonds. The second-order valence-electron chi connectivity index (χ2n) is 9.03. The number of aromatic nitrogens is 5. The van der Waals surface area contributed by atoms with Crippen molar-refractivity contribution in [3.8, 4) is 11.6 Å². The van der Waals surface area contributed by atoms with Crippen LogP contribution in [-0.4, -0.2) is 50.8 Å². The SMILES string of the molecule is C=Nc1nc(-c2noc(C3CCC(NC(=O)CC4CC4)CC3)n2)nc(N(C)c2ccccc2)n1. The van der Waals surface area contributed by atoms with E-state index in [1.165, 1.54) is 12.8 Å². The predicted octanol–water partition coefficient (Wildman–Crippen LogP) is 3.96. The van der Waals surface area contributed by atoms with Crippen LogP contribution in [0.4, 0.5) is 17.6 Å². The first-order chi connectivity index (χ1) is 16.6. The van der Waals surface area contributed by atoms with Gasteiger partial charge in [-0.05, 0) is 63.3 Å². The molecule has 1 aromatic carbocycles. The summed E-state index contributed by atoms with van der Waals surface area (Å²) in [6.07, 6.45) is 6.62. The lowest BCUT2D eigenvalue weighted by atomic mass is 9.86. The Morgan fingerprint density at radius 3 is 2.53 bits per heavy atom. The maximum atomic E-state index is 12.1. The van der Waals surface area contributed by atoms with Crippen LogP contribution in [0.1, 0.15) is 56.8 Å². The predicted molar refractivity (Wildman–Crippen MR) is 127 cm³/mol. The molecule has 2 aliphatic rings. The van der Waals surface area contributed by atoms with Crippen LogP contribution in [-0.2, 0) is 4.79 Å². The van der Waals surface area contributed by atoms with E-state index in [9.17, 15) is 4.79 Å². The Bertz CT molecular complexity index is 1150. The van der Waals surface area contributed by atoms with Gasteiger partial charge in [-0.25, -0.2) is 4.99 Å². The lowest BCUT2D eigenvalue weighted by Gasteiger charge is -2.27. The van der Waals surface area contributed by atoms with Crippen LogP contribution in [0.5, 0.6) is 0 Å². The highest BCUT2D eigenvalue weighted by atomic mass is 16.5. The van der Waals surface area contributed by atoms with Gasteiger partial charge in [-0.15, -0.1) is 0 Å². The first-order valence-corrected chi connectivity index (χ1v) is 11.7. The molecule has 2 fully saturated rings. The van der Waals surface area contributed by atoms with Crippen molar-refractivity contribution in [2.75, 3.05) is 11.9 Å². The molecule has 10 heteroatoms. The third-order valence-electron chi connectivity index (χ3n) is 6.45. The van der Waals surface area contributed by atoms with Crippen LogP contribution in [0, 0.1) is 5.92 Å². The van der Waals surface area contributed by atoms with E-state index in [0.29, 0.717) is 30.0 Å². The number of aliphatic imine (C=N–C) groups is 1. The molecular weight excluding hydrogens is 432 g/mol. The van der Waals surface area contributed by atoms with E-state index >= 15 is 0 Å². The largest absolute Gasteiger partial charge is 0.353 e. The standard InChI is InChI=1S/C24H28N8O2/c1-25-23-28-20(29-24(30-23)32(2)18-6-4-3-5-7-18)21-27-22(34-31-21)16-10-12-17(13-11-16)26-19(33)14-15-8-9-15/h3-7,15-17H,1,8-14H2,2H3,(H,26,33). The highest BCUT2D eigenvalue weighted by Crippen LogP contribution is 2.34. The number of para-hydroxylation sites is 1. The summed E-state index contributed by atoms with van der Waals surface area (Å²) in [6, 6.07) is 9.98. The highest BCUT2D eigenvalue weighted by molar-refractivity contribution is 5.76. The molecule has 2 aromatic heterocycles. The van der Waals surface area contributed by atoms with Gasteiger partial charge in [-0.3, -0.25) is 4.79 Å². The average Bonchev–Trinajstić information content (AvgIpc) is 3.55. The fraction of sp³-hybridized carbons (Fsp3) is 0.458. The van der Waals surface area contributed by atoms with Gasteiger partial charge in [-0.1, -0.05) is 23.4 Å². The van der Waals surface area contributed by atoms with Crippen molar-refractivity contribution in [3.05, 3.63) is 36.2 Å². The summed E-state index contributed by atoms with van der Waals surface area (Å²) in [4.78, 5) is 35.6. The molecule has 2 heterocycles. The highest BCUT2D eigenvalue weighted by Gasteiger charge is 2.30. The van der Waals surface area contributed by atoms with Gasteiger partial charge in [0.15, 0.2) is 0 Å². The van der Waals surface area contributed by atoms with Gasteiger partial charge in [-0.2, -0.15) is 19.9 Å². The summed E-state index contributed by atoms with van der Waals surface area (Å²) < 4.78 is 5.59. The van der Waals surface area contributed by atoms with Crippen LogP contribution >= 0.6 is 0 Å². The number of rotatable bonds is 8. The van der Waals surface area contributed by atoms with Gasteiger partial charge < -0.3 is 14.7 Å². The second-order valence-corrected chi connectivity index (χ2v) is 9.03. The zero-order valence-corrected chi connectivity index (χ0v) is 19.2. The molecule has 0 spiro atoms. The quantitative estimate of drug-likeness (QED) is 0.501. The summed E-state index contributed by atoms with van der Waals surface area (Å²) in [5.74, 6) is 2.70. The molecule has 0 aliphatic heterocycles. The van der Waals surface area contributed by atoms with Crippen LogP contribution in [0.15, 0.2) is 39.8 Å². The fourth-order valence-electron chi connectivity index (χ4n) is 4.29. The molecule has 2 saturated carbocycles. The number of nitrogens with zero attached hydrogens (tertiary/aromatic N) is 7. The van der Waals surface area contributed by atoms with E-state index in [2.05, 4.69) is 42.1 Å². The monoisotopic (exact) mass is 460 g/mol. The van der Waals surface area contributed by atoms with Crippen molar-refractivity contribution in [1.82, 2.24) is 30.4 Å². The third-order valence-corrected chi connectivity index (χ3v) is 6.45. The van der Waals surface area contributed by atoms with Crippen LogP contribution in [0.25, 0.3) is 11.6 Å². The van der Waals surface area contributed by atoms with Crippen molar-refractivity contribution >= 4 is 30.2 Å². The van der Waals surface area contributed by atoms with Crippen LogP contribution < -0.4 is 10.2 Å². The number of hydrogen-bond acceptors (Lipinski definition) is 9. The molecular formula is C24H28N8O2. The lowest BCUT2D eigenvalue weighted by molar-refractivity contribution is -0.122. The van der Waals surface area contributed by atoms with E-state index in [1.807, 2.05) is 42.3 Å². The molecule has 3 aromatic rings. The molecule has 10 nitrogen and oxygen atoms in total. The first-order valence-electron chi connectivity index (χ1n) is 11.7. The Morgan fingerprint density at radius 1 is 1.06 bits per heavy atom. The topological polar surface area (TPSA) is 122 Å². The maximum absolute atomic E-state index is 12.1.